The minimum atomic E-state index is -2.78. The molecule has 0 fully saturated rings. The Labute approximate surface area is 94.7 Å². The summed E-state index contributed by atoms with van der Waals surface area (Å²) in [5.74, 6) is 0.351. The minimum absolute atomic E-state index is 0.131. The first-order valence-electron chi connectivity index (χ1n) is 5.28. The molecule has 16 heavy (non-hydrogen) atoms. The van der Waals surface area contributed by atoms with E-state index in [1.165, 1.54) is 0 Å². The molecule has 1 atom stereocenters. The SMILES string of the molecule is C=CC(C)c1cc(CC)cc(OC(F)F)c1. The van der Waals surface area contributed by atoms with Crippen LogP contribution in [0.5, 0.6) is 5.75 Å². The molecule has 0 aliphatic carbocycles. The summed E-state index contributed by atoms with van der Waals surface area (Å²) in [5.41, 5.74) is 1.94. The molecule has 0 aliphatic rings. The summed E-state index contributed by atoms with van der Waals surface area (Å²) < 4.78 is 28.7. The zero-order valence-electron chi connectivity index (χ0n) is 9.54. The van der Waals surface area contributed by atoms with Gasteiger partial charge in [0.05, 0.1) is 0 Å². The van der Waals surface area contributed by atoms with E-state index in [2.05, 4.69) is 11.3 Å². The van der Waals surface area contributed by atoms with E-state index < -0.39 is 6.61 Å². The van der Waals surface area contributed by atoms with Gasteiger partial charge in [-0.1, -0.05) is 26.0 Å². The zero-order valence-corrected chi connectivity index (χ0v) is 9.54. The molecule has 1 aromatic carbocycles. The summed E-state index contributed by atoms with van der Waals surface area (Å²) in [7, 11) is 0. The zero-order chi connectivity index (χ0) is 12.1. The van der Waals surface area contributed by atoms with E-state index >= 15 is 0 Å². The van der Waals surface area contributed by atoms with E-state index in [-0.39, 0.29) is 11.7 Å². The number of hydrogen-bond donors (Lipinski definition) is 0. The predicted molar refractivity (Wildman–Crippen MR) is 61.1 cm³/mol. The lowest BCUT2D eigenvalue weighted by atomic mass is 9.98. The van der Waals surface area contributed by atoms with Crippen molar-refractivity contribution in [3.8, 4) is 5.75 Å². The smallest absolute Gasteiger partial charge is 0.387 e. The molecule has 1 aromatic rings. The highest BCUT2D eigenvalue weighted by Crippen LogP contribution is 2.25. The van der Waals surface area contributed by atoms with Crippen molar-refractivity contribution in [2.45, 2.75) is 32.8 Å². The first-order chi connectivity index (χ1) is 7.56. The number of halogens is 2. The van der Waals surface area contributed by atoms with E-state index in [1.807, 2.05) is 19.9 Å². The Hall–Kier alpha value is -1.38. The Kier molecular flexibility index (Phi) is 4.47. The van der Waals surface area contributed by atoms with Crippen molar-refractivity contribution >= 4 is 0 Å². The maximum absolute atomic E-state index is 12.1. The molecule has 3 heteroatoms. The quantitative estimate of drug-likeness (QED) is 0.685. The topological polar surface area (TPSA) is 9.23 Å². The van der Waals surface area contributed by atoms with Crippen molar-refractivity contribution in [3.05, 3.63) is 42.0 Å². The third kappa shape index (κ3) is 3.33. The van der Waals surface area contributed by atoms with Crippen molar-refractivity contribution in [1.82, 2.24) is 0 Å². The van der Waals surface area contributed by atoms with Gasteiger partial charge in [0, 0.05) is 0 Å². The third-order valence-electron chi connectivity index (χ3n) is 2.50. The van der Waals surface area contributed by atoms with Gasteiger partial charge >= 0.3 is 6.61 Å². The van der Waals surface area contributed by atoms with Crippen LogP contribution < -0.4 is 4.74 Å². The van der Waals surface area contributed by atoms with Crippen LogP contribution in [0, 0.1) is 0 Å². The fraction of sp³-hybridized carbons (Fsp3) is 0.385. The molecule has 1 unspecified atom stereocenters. The molecule has 0 saturated heterocycles. The second kappa shape index (κ2) is 5.64. The summed E-state index contributed by atoms with van der Waals surface area (Å²) in [6, 6.07) is 5.27. The number of rotatable bonds is 5. The maximum atomic E-state index is 12.1. The average Bonchev–Trinajstić information content (AvgIpc) is 2.26. The van der Waals surface area contributed by atoms with Gasteiger partial charge in [0.2, 0.25) is 0 Å². The monoisotopic (exact) mass is 226 g/mol. The Balaban J connectivity index is 3.05. The first kappa shape index (κ1) is 12.7. The highest BCUT2D eigenvalue weighted by molar-refractivity contribution is 5.37. The molecule has 88 valence electrons. The van der Waals surface area contributed by atoms with Crippen molar-refractivity contribution in [3.63, 3.8) is 0 Å². The summed E-state index contributed by atoms with van der Waals surface area (Å²) in [6.07, 6.45) is 2.57. The van der Waals surface area contributed by atoms with Gasteiger partial charge in [0.15, 0.2) is 0 Å². The Bertz CT molecular complexity index is 361. The third-order valence-corrected chi connectivity index (χ3v) is 2.50. The van der Waals surface area contributed by atoms with Crippen molar-refractivity contribution in [2.24, 2.45) is 0 Å². The largest absolute Gasteiger partial charge is 0.435 e. The highest BCUT2D eigenvalue weighted by atomic mass is 19.3. The Morgan fingerprint density at radius 2 is 2.06 bits per heavy atom. The van der Waals surface area contributed by atoms with Gasteiger partial charge in [-0.2, -0.15) is 8.78 Å². The van der Waals surface area contributed by atoms with Crippen LogP contribution in [-0.4, -0.2) is 6.61 Å². The molecule has 0 heterocycles. The lowest BCUT2D eigenvalue weighted by Gasteiger charge is -2.12. The van der Waals surface area contributed by atoms with Gasteiger partial charge in [-0.3, -0.25) is 0 Å². The molecule has 0 spiro atoms. The maximum Gasteiger partial charge on any atom is 0.387 e. The molecular weight excluding hydrogens is 210 g/mol. The van der Waals surface area contributed by atoms with Crippen LogP contribution in [0.3, 0.4) is 0 Å². The van der Waals surface area contributed by atoms with Gasteiger partial charge in [-0.05, 0) is 35.6 Å². The molecular formula is C13H16F2O. The molecule has 0 aliphatic heterocycles. The van der Waals surface area contributed by atoms with Gasteiger partial charge in [0.25, 0.3) is 0 Å². The van der Waals surface area contributed by atoms with Crippen LogP contribution in [0.25, 0.3) is 0 Å². The minimum Gasteiger partial charge on any atom is -0.435 e. The molecule has 0 radical (unpaired) electrons. The van der Waals surface area contributed by atoms with E-state index in [9.17, 15) is 8.78 Å². The fourth-order valence-electron chi connectivity index (χ4n) is 1.46. The predicted octanol–water partition coefficient (Wildman–Crippen LogP) is 4.14. The van der Waals surface area contributed by atoms with Gasteiger partial charge < -0.3 is 4.74 Å². The number of aryl methyl sites for hydroxylation is 1. The van der Waals surface area contributed by atoms with Crippen molar-refractivity contribution in [1.29, 1.82) is 0 Å². The molecule has 0 amide bonds. The number of hydrogen-bond acceptors (Lipinski definition) is 1. The lowest BCUT2D eigenvalue weighted by molar-refractivity contribution is -0.0499. The number of benzene rings is 1. The van der Waals surface area contributed by atoms with Crippen LogP contribution in [0.2, 0.25) is 0 Å². The molecule has 0 bridgehead atoms. The standard InChI is InChI=1S/C13H16F2O/c1-4-9(3)11-6-10(5-2)7-12(8-11)16-13(14)15/h4,6-9,13H,1,5H2,2-3H3. The van der Waals surface area contributed by atoms with Gasteiger partial charge in [0.1, 0.15) is 5.75 Å². The molecule has 1 rings (SSSR count). The number of allylic oxidation sites excluding steroid dienone is 1. The van der Waals surface area contributed by atoms with E-state index in [1.54, 1.807) is 18.2 Å². The van der Waals surface area contributed by atoms with Crippen LogP contribution >= 0.6 is 0 Å². The van der Waals surface area contributed by atoms with Crippen LogP contribution in [0.4, 0.5) is 8.78 Å². The van der Waals surface area contributed by atoms with Crippen molar-refractivity contribution < 1.29 is 13.5 Å². The van der Waals surface area contributed by atoms with E-state index in [4.69, 9.17) is 0 Å². The highest BCUT2D eigenvalue weighted by Gasteiger charge is 2.09. The second-order valence-corrected chi connectivity index (χ2v) is 3.67. The van der Waals surface area contributed by atoms with Crippen LogP contribution in [-0.2, 0) is 6.42 Å². The van der Waals surface area contributed by atoms with Gasteiger partial charge in [-0.25, -0.2) is 0 Å². The second-order valence-electron chi connectivity index (χ2n) is 3.67. The Morgan fingerprint density at radius 3 is 2.56 bits per heavy atom. The molecule has 0 N–H and O–H groups in total. The first-order valence-corrected chi connectivity index (χ1v) is 5.28. The summed E-state index contributed by atoms with van der Waals surface area (Å²) in [6.45, 7) is 4.86. The molecule has 1 nitrogen and oxygen atoms in total. The van der Waals surface area contributed by atoms with Gasteiger partial charge in [-0.15, -0.1) is 6.58 Å². The summed E-state index contributed by atoms with van der Waals surface area (Å²) in [4.78, 5) is 0. The van der Waals surface area contributed by atoms with E-state index in [0.29, 0.717) is 0 Å². The summed E-state index contributed by atoms with van der Waals surface area (Å²) in [5, 5.41) is 0. The fourth-order valence-corrected chi connectivity index (χ4v) is 1.46. The average molecular weight is 226 g/mol. The van der Waals surface area contributed by atoms with E-state index in [0.717, 1.165) is 17.5 Å². The molecule has 0 saturated carbocycles. The molecule has 0 aromatic heterocycles. The number of alkyl halides is 2. The van der Waals surface area contributed by atoms with Crippen molar-refractivity contribution in [2.75, 3.05) is 0 Å². The lowest BCUT2D eigenvalue weighted by Crippen LogP contribution is -2.03. The normalized spacial score (nSPS) is 12.6. The van der Waals surface area contributed by atoms with Crippen LogP contribution in [0.15, 0.2) is 30.9 Å². The Morgan fingerprint density at radius 1 is 1.38 bits per heavy atom. The number of ether oxygens (including phenoxy) is 1. The van der Waals surface area contributed by atoms with Crippen LogP contribution in [0.1, 0.15) is 30.9 Å². The summed E-state index contributed by atoms with van der Waals surface area (Å²) >= 11 is 0.